The number of likely N-dealkylation sites (tertiary alicyclic amines) is 1. The number of benzene rings is 1. The van der Waals surface area contributed by atoms with Gasteiger partial charge in [0.05, 0.1) is 23.9 Å². The number of aryl methyl sites for hydroxylation is 1. The molecule has 2 saturated heterocycles. The smallest absolute Gasteiger partial charge is 0.246 e. The third kappa shape index (κ3) is 6.38. The Morgan fingerprint density at radius 1 is 1.23 bits per heavy atom. The van der Waals surface area contributed by atoms with Gasteiger partial charge in [-0.05, 0) is 37.8 Å². The summed E-state index contributed by atoms with van der Waals surface area (Å²) in [6.45, 7) is 8.97. The molecule has 2 aliphatic heterocycles. The molecule has 2 fully saturated rings. The lowest BCUT2D eigenvalue weighted by molar-refractivity contribution is -0.127. The molecule has 1 aromatic carbocycles. The Kier molecular flexibility index (Phi) is 7.72. The van der Waals surface area contributed by atoms with Crippen molar-refractivity contribution in [2.75, 3.05) is 45.9 Å². The lowest BCUT2D eigenvalue weighted by atomic mass is 9.96. The predicted octanol–water partition coefficient (Wildman–Crippen LogP) is 3.61. The van der Waals surface area contributed by atoms with E-state index in [9.17, 15) is 4.79 Å². The summed E-state index contributed by atoms with van der Waals surface area (Å²) in [4.78, 5) is 21.6. The molecule has 1 amide bonds. The molecule has 7 heteroatoms. The van der Waals surface area contributed by atoms with Crippen molar-refractivity contribution in [1.82, 2.24) is 14.8 Å². The summed E-state index contributed by atoms with van der Waals surface area (Å²) in [6, 6.07) is 7.81. The van der Waals surface area contributed by atoms with Gasteiger partial charge in [0.2, 0.25) is 5.91 Å². The molecule has 3 heterocycles. The van der Waals surface area contributed by atoms with E-state index >= 15 is 0 Å². The van der Waals surface area contributed by atoms with Gasteiger partial charge in [-0.25, -0.2) is 4.98 Å². The van der Waals surface area contributed by atoms with Gasteiger partial charge < -0.3 is 14.4 Å². The zero-order valence-corrected chi connectivity index (χ0v) is 19.0. The molecule has 4 rings (SSSR count). The number of para-hydroxylation sites is 1. The second kappa shape index (κ2) is 10.9. The summed E-state index contributed by atoms with van der Waals surface area (Å²) in [5, 5.41) is 3.05. The van der Waals surface area contributed by atoms with Gasteiger partial charge in [0.15, 0.2) is 0 Å². The zero-order valence-electron chi connectivity index (χ0n) is 18.2. The van der Waals surface area contributed by atoms with E-state index in [4.69, 9.17) is 9.47 Å². The Bertz CT molecular complexity index is 884. The highest BCUT2D eigenvalue weighted by atomic mass is 32.1. The van der Waals surface area contributed by atoms with Gasteiger partial charge >= 0.3 is 0 Å². The first-order chi connectivity index (χ1) is 15.2. The minimum absolute atomic E-state index is 0.0785. The standard InChI is InChI=1S/C24H31N3O3S/c1-19-25-22(18-31-19)17-30-23-5-3-2-4-21(23)6-7-24(28)27-10-8-20(9-11-27)16-26-12-14-29-15-13-26/h2-7,18,20H,8-17H2,1H3. The normalized spacial score (nSPS) is 18.5. The van der Waals surface area contributed by atoms with Crippen LogP contribution in [0, 0.1) is 12.8 Å². The van der Waals surface area contributed by atoms with Crippen molar-refractivity contribution in [3.8, 4) is 5.75 Å². The number of amides is 1. The summed E-state index contributed by atoms with van der Waals surface area (Å²) in [6.07, 6.45) is 5.69. The van der Waals surface area contributed by atoms with Gasteiger partial charge in [0.25, 0.3) is 0 Å². The SMILES string of the molecule is Cc1nc(COc2ccccc2C=CC(=O)N2CCC(CN3CCOCC3)CC2)cs1. The number of hydrogen-bond donors (Lipinski definition) is 0. The number of ether oxygens (including phenoxy) is 2. The van der Waals surface area contributed by atoms with Crippen LogP contribution in [0.3, 0.4) is 0 Å². The molecule has 0 N–H and O–H groups in total. The number of piperidine rings is 1. The average molecular weight is 442 g/mol. The summed E-state index contributed by atoms with van der Waals surface area (Å²) in [7, 11) is 0. The summed E-state index contributed by atoms with van der Waals surface area (Å²) < 4.78 is 11.4. The number of morpholine rings is 1. The lowest BCUT2D eigenvalue weighted by Gasteiger charge is -2.35. The van der Waals surface area contributed by atoms with Crippen LogP contribution in [0.1, 0.15) is 29.1 Å². The first kappa shape index (κ1) is 22.0. The van der Waals surface area contributed by atoms with Crippen LogP contribution in [0.2, 0.25) is 0 Å². The van der Waals surface area contributed by atoms with Crippen molar-refractivity contribution >= 4 is 23.3 Å². The molecule has 0 unspecified atom stereocenters. The molecule has 166 valence electrons. The number of aromatic nitrogens is 1. The van der Waals surface area contributed by atoms with Crippen LogP contribution in [0.4, 0.5) is 0 Å². The molecule has 2 aliphatic rings. The number of carbonyl (C=O) groups excluding carboxylic acids is 1. The molecule has 0 bridgehead atoms. The highest BCUT2D eigenvalue weighted by molar-refractivity contribution is 7.09. The maximum atomic E-state index is 12.7. The fraction of sp³-hybridized carbons (Fsp3) is 0.500. The summed E-state index contributed by atoms with van der Waals surface area (Å²) >= 11 is 1.62. The predicted molar refractivity (Wildman–Crippen MR) is 123 cm³/mol. The Balaban J connectivity index is 1.27. The number of thiazole rings is 1. The minimum Gasteiger partial charge on any atom is -0.487 e. The fourth-order valence-corrected chi connectivity index (χ4v) is 4.72. The van der Waals surface area contributed by atoms with Crippen LogP contribution in [-0.4, -0.2) is 66.6 Å². The fourth-order valence-electron chi connectivity index (χ4n) is 4.13. The first-order valence-corrected chi connectivity index (χ1v) is 12.0. The van der Waals surface area contributed by atoms with Gasteiger partial charge in [-0.3, -0.25) is 9.69 Å². The van der Waals surface area contributed by atoms with E-state index in [0.717, 1.165) is 80.8 Å². The molecule has 0 aliphatic carbocycles. The van der Waals surface area contributed by atoms with Gasteiger partial charge in [-0.2, -0.15) is 0 Å². The molecule has 0 spiro atoms. The van der Waals surface area contributed by atoms with Gasteiger partial charge in [0.1, 0.15) is 12.4 Å². The van der Waals surface area contributed by atoms with Gasteiger partial charge in [-0.1, -0.05) is 18.2 Å². The molecule has 0 atom stereocenters. The van der Waals surface area contributed by atoms with Crippen molar-refractivity contribution in [2.24, 2.45) is 5.92 Å². The van der Waals surface area contributed by atoms with Crippen molar-refractivity contribution < 1.29 is 14.3 Å². The Hall–Kier alpha value is -2.22. The molecular formula is C24H31N3O3S. The van der Waals surface area contributed by atoms with Crippen LogP contribution in [-0.2, 0) is 16.1 Å². The molecule has 2 aromatic rings. The van der Waals surface area contributed by atoms with Gasteiger partial charge in [0, 0.05) is 49.7 Å². The maximum Gasteiger partial charge on any atom is 0.246 e. The van der Waals surface area contributed by atoms with Crippen molar-refractivity contribution in [3.05, 3.63) is 52.0 Å². The number of rotatable bonds is 7. The number of carbonyl (C=O) groups is 1. The van der Waals surface area contributed by atoms with E-state index in [0.29, 0.717) is 12.5 Å². The van der Waals surface area contributed by atoms with Crippen molar-refractivity contribution in [3.63, 3.8) is 0 Å². The van der Waals surface area contributed by atoms with E-state index in [1.54, 1.807) is 17.4 Å². The average Bonchev–Trinajstić information content (AvgIpc) is 3.23. The monoisotopic (exact) mass is 441 g/mol. The van der Waals surface area contributed by atoms with Crippen LogP contribution >= 0.6 is 11.3 Å². The Morgan fingerprint density at radius 3 is 2.74 bits per heavy atom. The quantitative estimate of drug-likeness (QED) is 0.615. The van der Waals surface area contributed by atoms with Gasteiger partial charge in [-0.15, -0.1) is 11.3 Å². The summed E-state index contributed by atoms with van der Waals surface area (Å²) in [5.41, 5.74) is 1.84. The highest BCUT2D eigenvalue weighted by Gasteiger charge is 2.24. The highest BCUT2D eigenvalue weighted by Crippen LogP contribution is 2.23. The van der Waals surface area contributed by atoms with Crippen LogP contribution in [0.25, 0.3) is 6.08 Å². The third-order valence-electron chi connectivity index (χ3n) is 5.91. The van der Waals surface area contributed by atoms with Crippen LogP contribution in [0.15, 0.2) is 35.7 Å². The first-order valence-electron chi connectivity index (χ1n) is 11.1. The van der Waals surface area contributed by atoms with E-state index in [1.165, 1.54) is 0 Å². The van der Waals surface area contributed by atoms with Crippen molar-refractivity contribution in [1.29, 1.82) is 0 Å². The second-order valence-corrected chi connectivity index (χ2v) is 9.26. The molecular weight excluding hydrogens is 410 g/mol. The van der Waals surface area contributed by atoms with Crippen molar-refractivity contribution in [2.45, 2.75) is 26.4 Å². The topological polar surface area (TPSA) is 54.9 Å². The van der Waals surface area contributed by atoms with Crippen LogP contribution < -0.4 is 4.74 Å². The van der Waals surface area contributed by atoms with E-state index in [1.807, 2.05) is 47.5 Å². The largest absolute Gasteiger partial charge is 0.487 e. The Morgan fingerprint density at radius 2 is 2.00 bits per heavy atom. The maximum absolute atomic E-state index is 12.7. The molecule has 1 aromatic heterocycles. The second-order valence-electron chi connectivity index (χ2n) is 8.20. The zero-order chi connectivity index (χ0) is 21.5. The van der Waals surface area contributed by atoms with E-state index < -0.39 is 0 Å². The summed E-state index contributed by atoms with van der Waals surface area (Å²) in [5.74, 6) is 1.52. The molecule has 0 radical (unpaired) electrons. The third-order valence-corrected chi connectivity index (χ3v) is 6.74. The molecule has 6 nitrogen and oxygen atoms in total. The Labute approximate surface area is 188 Å². The molecule has 0 saturated carbocycles. The lowest BCUT2D eigenvalue weighted by Crippen LogP contribution is -2.43. The number of nitrogens with zero attached hydrogens (tertiary/aromatic N) is 3. The van der Waals surface area contributed by atoms with E-state index in [2.05, 4.69) is 9.88 Å². The van der Waals surface area contributed by atoms with Crippen LogP contribution in [0.5, 0.6) is 5.75 Å². The minimum atomic E-state index is 0.0785. The molecule has 31 heavy (non-hydrogen) atoms. The number of hydrogen-bond acceptors (Lipinski definition) is 6. The van der Waals surface area contributed by atoms with E-state index in [-0.39, 0.29) is 5.91 Å².